The number of benzene rings is 2. The molecular weight excluding hydrogens is 381 g/mol. The van der Waals surface area contributed by atoms with Crippen LogP contribution >= 0.6 is 23.2 Å². The van der Waals surface area contributed by atoms with E-state index in [0.29, 0.717) is 10.0 Å². The third-order valence-corrected chi connectivity index (χ3v) is 5.89. The van der Waals surface area contributed by atoms with Gasteiger partial charge in [0.05, 0.1) is 23.4 Å². The van der Waals surface area contributed by atoms with Crippen LogP contribution in [0.2, 0.25) is 10.0 Å². The fourth-order valence-corrected chi connectivity index (χ4v) is 4.22. The second-order valence-electron chi connectivity index (χ2n) is 7.51. The molecule has 1 amide bonds. The van der Waals surface area contributed by atoms with Crippen molar-refractivity contribution in [3.8, 4) is 0 Å². The summed E-state index contributed by atoms with van der Waals surface area (Å²) in [4.78, 5) is 20.0. The SMILES string of the molecule is CC(C)(C(=O)N1CCCC1c1ccc(Cl)cc1)n1cnc2cc(Cl)ccc21. The maximum absolute atomic E-state index is 13.6. The molecule has 2 aromatic carbocycles. The van der Waals surface area contributed by atoms with Crippen LogP contribution in [0.25, 0.3) is 11.0 Å². The quantitative estimate of drug-likeness (QED) is 0.585. The number of carbonyl (C=O) groups is 1. The highest BCUT2D eigenvalue weighted by Crippen LogP contribution is 2.36. The molecule has 1 aromatic heterocycles. The molecule has 6 heteroatoms. The van der Waals surface area contributed by atoms with E-state index in [1.165, 1.54) is 0 Å². The Bertz CT molecular complexity index is 994. The Morgan fingerprint density at radius 2 is 1.81 bits per heavy atom. The topological polar surface area (TPSA) is 38.1 Å². The molecule has 27 heavy (non-hydrogen) atoms. The molecule has 0 bridgehead atoms. The molecule has 0 radical (unpaired) electrons. The Kier molecular flexibility index (Phi) is 4.65. The predicted molar refractivity (Wildman–Crippen MR) is 109 cm³/mol. The molecule has 1 aliphatic rings. The summed E-state index contributed by atoms with van der Waals surface area (Å²) >= 11 is 12.1. The van der Waals surface area contributed by atoms with E-state index in [9.17, 15) is 4.79 Å². The minimum Gasteiger partial charge on any atom is -0.334 e. The van der Waals surface area contributed by atoms with Crippen molar-refractivity contribution in [3.63, 3.8) is 0 Å². The van der Waals surface area contributed by atoms with Gasteiger partial charge in [-0.1, -0.05) is 35.3 Å². The van der Waals surface area contributed by atoms with Crippen molar-refractivity contribution in [2.75, 3.05) is 6.54 Å². The van der Waals surface area contributed by atoms with E-state index in [2.05, 4.69) is 4.98 Å². The van der Waals surface area contributed by atoms with Crippen molar-refractivity contribution in [2.24, 2.45) is 0 Å². The Balaban J connectivity index is 1.68. The first-order chi connectivity index (χ1) is 12.9. The average Bonchev–Trinajstić information content (AvgIpc) is 3.28. The number of hydrogen-bond donors (Lipinski definition) is 0. The first-order valence-electron chi connectivity index (χ1n) is 9.07. The summed E-state index contributed by atoms with van der Waals surface area (Å²) in [7, 11) is 0. The maximum atomic E-state index is 13.6. The molecule has 1 fully saturated rings. The van der Waals surface area contributed by atoms with Crippen LogP contribution < -0.4 is 0 Å². The number of imidazole rings is 1. The van der Waals surface area contributed by atoms with Gasteiger partial charge in [-0.05, 0) is 62.6 Å². The van der Waals surface area contributed by atoms with Crippen molar-refractivity contribution in [3.05, 3.63) is 64.4 Å². The minimum atomic E-state index is -0.752. The van der Waals surface area contributed by atoms with Gasteiger partial charge < -0.3 is 9.47 Å². The molecule has 1 atom stereocenters. The van der Waals surface area contributed by atoms with Crippen LogP contribution in [0.5, 0.6) is 0 Å². The lowest BCUT2D eigenvalue weighted by Crippen LogP contribution is -2.46. The second-order valence-corrected chi connectivity index (χ2v) is 8.39. The smallest absolute Gasteiger partial charge is 0.248 e. The van der Waals surface area contributed by atoms with Crippen LogP contribution in [0, 0.1) is 0 Å². The molecule has 4 nitrogen and oxygen atoms in total. The summed E-state index contributed by atoms with van der Waals surface area (Å²) < 4.78 is 1.94. The Morgan fingerprint density at radius 1 is 1.11 bits per heavy atom. The highest BCUT2D eigenvalue weighted by atomic mass is 35.5. The Morgan fingerprint density at radius 3 is 2.56 bits per heavy atom. The summed E-state index contributed by atoms with van der Waals surface area (Å²) in [5.41, 5.74) is 2.07. The van der Waals surface area contributed by atoms with Gasteiger partial charge in [-0.15, -0.1) is 0 Å². The van der Waals surface area contributed by atoms with Crippen LogP contribution in [0.4, 0.5) is 0 Å². The number of carbonyl (C=O) groups excluding carboxylic acids is 1. The highest BCUT2D eigenvalue weighted by molar-refractivity contribution is 6.31. The first kappa shape index (κ1) is 18.3. The van der Waals surface area contributed by atoms with Crippen LogP contribution in [-0.4, -0.2) is 26.9 Å². The van der Waals surface area contributed by atoms with E-state index < -0.39 is 5.54 Å². The second kappa shape index (κ2) is 6.84. The van der Waals surface area contributed by atoms with Gasteiger partial charge in [-0.2, -0.15) is 0 Å². The molecule has 0 saturated carbocycles. The molecule has 0 N–H and O–H groups in total. The van der Waals surface area contributed by atoms with Crippen LogP contribution in [-0.2, 0) is 10.3 Å². The van der Waals surface area contributed by atoms with Gasteiger partial charge in [0.2, 0.25) is 5.91 Å². The number of halogens is 2. The van der Waals surface area contributed by atoms with Crippen molar-refractivity contribution < 1.29 is 4.79 Å². The molecule has 1 unspecified atom stereocenters. The number of hydrogen-bond acceptors (Lipinski definition) is 2. The predicted octanol–water partition coefficient (Wildman–Crippen LogP) is 5.44. The third kappa shape index (κ3) is 3.21. The lowest BCUT2D eigenvalue weighted by atomic mass is 9.99. The number of fused-ring (bicyclic) bond motifs is 1. The Hall–Kier alpha value is -2.04. The molecule has 140 valence electrons. The van der Waals surface area contributed by atoms with E-state index in [4.69, 9.17) is 23.2 Å². The molecule has 0 aliphatic carbocycles. The van der Waals surface area contributed by atoms with Gasteiger partial charge >= 0.3 is 0 Å². The van der Waals surface area contributed by atoms with Crippen LogP contribution in [0.15, 0.2) is 48.8 Å². The monoisotopic (exact) mass is 401 g/mol. The summed E-state index contributed by atoms with van der Waals surface area (Å²) in [6.45, 7) is 4.65. The van der Waals surface area contributed by atoms with Crippen LogP contribution in [0.1, 0.15) is 38.3 Å². The molecular formula is C21H21Cl2N3O. The van der Waals surface area contributed by atoms with Gasteiger partial charge in [0.1, 0.15) is 5.54 Å². The summed E-state index contributed by atoms with van der Waals surface area (Å²) in [5, 5.41) is 1.35. The molecule has 4 rings (SSSR count). The van der Waals surface area contributed by atoms with Crippen molar-refractivity contribution in [1.82, 2.24) is 14.5 Å². The van der Waals surface area contributed by atoms with Crippen molar-refractivity contribution in [1.29, 1.82) is 0 Å². The van der Waals surface area contributed by atoms with E-state index >= 15 is 0 Å². The van der Waals surface area contributed by atoms with Gasteiger partial charge in [0.15, 0.2) is 0 Å². The van der Waals surface area contributed by atoms with Crippen molar-refractivity contribution in [2.45, 2.75) is 38.3 Å². The number of amides is 1. The largest absolute Gasteiger partial charge is 0.334 e. The van der Waals surface area contributed by atoms with Gasteiger partial charge in [0, 0.05) is 16.6 Å². The molecule has 2 heterocycles. The van der Waals surface area contributed by atoms with E-state index in [0.717, 1.165) is 36.0 Å². The maximum Gasteiger partial charge on any atom is 0.248 e. The molecule has 1 aliphatic heterocycles. The van der Waals surface area contributed by atoms with Crippen molar-refractivity contribution >= 4 is 40.1 Å². The van der Waals surface area contributed by atoms with Crippen LogP contribution in [0.3, 0.4) is 0 Å². The van der Waals surface area contributed by atoms with E-state index in [-0.39, 0.29) is 11.9 Å². The number of rotatable bonds is 3. The lowest BCUT2D eigenvalue weighted by molar-refractivity contribution is -0.140. The Labute approximate surface area is 168 Å². The number of likely N-dealkylation sites (tertiary alicyclic amines) is 1. The molecule has 0 spiro atoms. The zero-order valence-electron chi connectivity index (χ0n) is 15.3. The third-order valence-electron chi connectivity index (χ3n) is 5.40. The summed E-state index contributed by atoms with van der Waals surface area (Å²) in [6.07, 6.45) is 3.69. The number of nitrogens with zero attached hydrogens (tertiary/aromatic N) is 3. The summed E-state index contributed by atoms with van der Waals surface area (Å²) in [5.74, 6) is 0.0919. The molecule has 1 saturated heterocycles. The average molecular weight is 402 g/mol. The lowest BCUT2D eigenvalue weighted by Gasteiger charge is -2.34. The first-order valence-corrected chi connectivity index (χ1v) is 9.83. The standard InChI is InChI=1S/C21H21Cl2N3O/c1-21(2,26-13-24-17-12-16(23)9-10-19(17)26)20(27)25-11-3-4-18(25)14-5-7-15(22)8-6-14/h5-10,12-13,18H,3-4,11H2,1-2H3. The van der Waals surface area contributed by atoms with E-state index in [1.807, 2.05) is 65.8 Å². The van der Waals surface area contributed by atoms with Gasteiger partial charge in [0.25, 0.3) is 0 Å². The fourth-order valence-electron chi connectivity index (χ4n) is 3.93. The zero-order chi connectivity index (χ0) is 19.2. The normalized spacial score (nSPS) is 17.6. The van der Waals surface area contributed by atoms with Gasteiger partial charge in [-0.25, -0.2) is 4.98 Å². The molecule has 3 aromatic rings. The zero-order valence-corrected chi connectivity index (χ0v) is 16.8. The van der Waals surface area contributed by atoms with E-state index in [1.54, 1.807) is 6.33 Å². The minimum absolute atomic E-state index is 0.0817. The number of aromatic nitrogens is 2. The highest BCUT2D eigenvalue weighted by Gasteiger charge is 2.40. The van der Waals surface area contributed by atoms with Gasteiger partial charge in [-0.3, -0.25) is 4.79 Å². The summed E-state index contributed by atoms with van der Waals surface area (Å²) in [6, 6.07) is 13.4. The fraction of sp³-hybridized carbons (Fsp3) is 0.333.